The molecule has 0 saturated carbocycles. The molecule has 2 heterocycles. The fourth-order valence-corrected chi connectivity index (χ4v) is 5.12. The topological polar surface area (TPSA) is 35.2 Å². The second-order valence-corrected chi connectivity index (χ2v) is 9.22. The van der Waals surface area contributed by atoms with Crippen LogP contribution in [-0.4, -0.2) is 45.9 Å². The summed E-state index contributed by atoms with van der Waals surface area (Å²) < 4.78 is 0. The molecule has 1 aliphatic rings. The first kappa shape index (κ1) is 22.6. The molecule has 1 fully saturated rings. The minimum atomic E-state index is 0.301. The lowest BCUT2D eigenvalue weighted by Gasteiger charge is -2.39. The number of hydrogen-bond acceptors (Lipinski definition) is 3. The van der Waals surface area contributed by atoms with Gasteiger partial charge in [0, 0.05) is 38.3 Å². The molecule has 174 valence electrons. The van der Waals surface area contributed by atoms with E-state index < -0.39 is 0 Å². The van der Waals surface area contributed by atoms with E-state index in [1.807, 2.05) is 0 Å². The average Bonchev–Trinajstić information content (AvgIpc) is 3.29. The number of imidazole rings is 1. The molecule has 34 heavy (non-hydrogen) atoms. The van der Waals surface area contributed by atoms with Crippen molar-refractivity contribution in [3.63, 3.8) is 0 Å². The van der Waals surface area contributed by atoms with Crippen molar-refractivity contribution >= 4 is 0 Å². The van der Waals surface area contributed by atoms with Crippen molar-refractivity contribution in [2.75, 3.05) is 26.2 Å². The van der Waals surface area contributed by atoms with Crippen LogP contribution in [0.25, 0.3) is 11.4 Å². The molecule has 4 nitrogen and oxygen atoms in total. The highest BCUT2D eigenvalue weighted by Crippen LogP contribution is 2.30. The van der Waals surface area contributed by atoms with Crippen molar-refractivity contribution in [3.05, 3.63) is 113 Å². The molecule has 0 spiro atoms. The lowest BCUT2D eigenvalue weighted by Crippen LogP contribution is -2.47. The van der Waals surface area contributed by atoms with Crippen LogP contribution in [0, 0.1) is 6.92 Å². The van der Waals surface area contributed by atoms with Crippen molar-refractivity contribution in [1.82, 2.24) is 19.8 Å². The van der Waals surface area contributed by atoms with Gasteiger partial charge in [0.1, 0.15) is 5.82 Å². The largest absolute Gasteiger partial charge is 0.341 e. The van der Waals surface area contributed by atoms with Gasteiger partial charge in [-0.2, -0.15) is 0 Å². The van der Waals surface area contributed by atoms with Gasteiger partial charge in [-0.15, -0.1) is 0 Å². The summed E-state index contributed by atoms with van der Waals surface area (Å²) in [6.07, 6.45) is 0.946. The number of piperazine rings is 1. The molecule has 0 aliphatic carbocycles. The number of H-pyrrole nitrogens is 1. The normalized spacial score (nSPS) is 15.1. The number of hydrogen-bond donors (Lipinski definition) is 1. The van der Waals surface area contributed by atoms with Gasteiger partial charge in [-0.05, 0) is 30.0 Å². The predicted molar refractivity (Wildman–Crippen MR) is 140 cm³/mol. The van der Waals surface area contributed by atoms with Gasteiger partial charge in [0.25, 0.3) is 0 Å². The second-order valence-electron chi connectivity index (χ2n) is 9.22. The van der Waals surface area contributed by atoms with Gasteiger partial charge in [-0.25, -0.2) is 4.98 Å². The van der Waals surface area contributed by atoms with E-state index in [4.69, 9.17) is 4.98 Å². The molecule has 1 aromatic heterocycles. The van der Waals surface area contributed by atoms with E-state index in [0.717, 1.165) is 45.0 Å². The lowest BCUT2D eigenvalue weighted by molar-refractivity contribution is 0.104. The summed E-state index contributed by atoms with van der Waals surface area (Å²) >= 11 is 0. The summed E-state index contributed by atoms with van der Waals surface area (Å²) in [6, 6.07) is 30.6. The fraction of sp³-hybridized carbons (Fsp3) is 0.300. The van der Waals surface area contributed by atoms with Gasteiger partial charge in [0.05, 0.1) is 17.4 Å². The zero-order chi connectivity index (χ0) is 23.3. The molecule has 0 amide bonds. The Labute approximate surface area is 203 Å². The van der Waals surface area contributed by atoms with Crippen LogP contribution >= 0.6 is 0 Å². The van der Waals surface area contributed by atoms with Crippen molar-refractivity contribution in [2.24, 2.45) is 0 Å². The summed E-state index contributed by atoms with van der Waals surface area (Å²) in [5.74, 6) is 0.997. The van der Waals surface area contributed by atoms with E-state index in [2.05, 4.69) is 114 Å². The Kier molecular flexibility index (Phi) is 6.89. The number of rotatable bonds is 7. The van der Waals surface area contributed by atoms with Gasteiger partial charge >= 0.3 is 0 Å². The highest BCUT2D eigenvalue weighted by Gasteiger charge is 2.27. The third-order valence-electron chi connectivity index (χ3n) is 6.98. The Morgan fingerprint density at radius 2 is 1.38 bits per heavy atom. The molecular weight excluding hydrogens is 416 g/mol. The van der Waals surface area contributed by atoms with E-state index in [0.29, 0.717) is 6.04 Å². The highest BCUT2D eigenvalue weighted by atomic mass is 15.3. The van der Waals surface area contributed by atoms with E-state index in [1.54, 1.807) is 0 Å². The minimum Gasteiger partial charge on any atom is -0.341 e. The Morgan fingerprint density at radius 3 is 1.97 bits per heavy atom. The van der Waals surface area contributed by atoms with E-state index in [1.165, 1.54) is 33.6 Å². The van der Waals surface area contributed by atoms with Crippen LogP contribution in [0.4, 0.5) is 0 Å². The molecule has 1 aliphatic heterocycles. The van der Waals surface area contributed by atoms with E-state index >= 15 is 0 Å². The summed E-state index contributed by atoms with van der Waals surface area (Å²) in [4.78, 5) is 13.8. The monoisotopic (exact) mass is 450 g/mol. The molecule has 0 atom stereocenters. The molecule has 4 heteroatoms. The average molecular weight is 451 g/mol. The molecule has 1 N–H and O–H groups in total. The number of benzene rings is 3. The summed E-state index contributed by atoms with van der Waals surface area (Å²) in [5, 5.41) is 0. The first-order valence-electron chi connectivity index (χ1n) is 12.4. The smallest absolute Gasteiger partial charge is 0.138 e. The molecular formula is C30H34N4. The molecule has 3 aromatic carbocycles. The molecule has 0 unspecified atom stereocenters. The third-order valence-corrected chi connectivity index (χ3v) is 6.98. The Hall–Kier alpha value is -3.21. The zero-order valence-electron chi connectivity index (χ0n) is 20.2. The fourth-order valence-electron chi connectivity index (χ4n) is 5.12. The zero-order valence-corrected chi connectivity index (χ0v) is 20.2. The highest BCUT2D eigenvalue weighted by molar-refractivity contribution is 5.60. The SMILES string of the molecule is CCc1nc(-c2ccccc2C)[nH]c1CN1CCN(C(c2ccccc2)c2ccccc2)CC1. The van der Waals surface area contributed by atoms with Crippen LogP contribution in [0.15, 0.2) is 84.9 Å². The Morgan fingerprint density at radius 1 is 0.794 bits per heavy atom. The summed E-state index contributed by atoms with van der Waals surface area (Å²) in [6.45, 7) is 9.48. The molecule has 1 saturated heterocycles. The van der Waals surface area contributed by atoms with Crippen LogP contribution in [0.2, 0.25) is 0 Å². The van der Waals surface area contributed by atoms with Crippen LogP contribution in [0.5, 0.6) is 0 Å². The molecule has 4 aromatic rings. The number of aromatic amines is 1. The minimum absolute atomic E-state index is 0.301. The van der Waals surface area contributed by atoms with Gasteiger partial charge in [-0.3, -0.25) is 9.80 Å². The lowest BCUT2D eigenvalue weighted by atomic mass is 9.96. The van der Waals surface area contributed by atoms with Crippen molar-refractivity contribution in [1.29, 1.82) is 0 Å². The van der Waals surface area contributed by atoms with E-state index in [9.17, 15) is 0 Å². The summed E-state index contributed by atoms with van der Waals surface area (Å²) in [7, 11) is 0. The number of aryl methyl sites for hydroxylation is 2. The van der Waals surface area contributed by atoms with Gasteiger partial charge in [-0.1, -0.05) is 91.9 Å². The Balaban J connectivity index is 1.30. The standard InChI is InChI=1S/C30H34N4/c1-3-27-28(32-30(31-27)26-17-11-10-12-23(26)2)22-33-18-20-34(21-19-33)29(24-13-6-4-7-14-24)25-15-8-5-9-16-25/h4-17,29H,3,18-22H2,1-2H3,(H,31,32). The third kappa shape index (κ3) is 4.84. The number of nitrogens with zero attached hydrogens (tertiary/aromatic N) is 3. The number of nitrogens with one attached hydrogen (secondary N) is 1. The van der Waals surface area contributed by atoms with Crippen molar-refractivity contribution in [3.8, 4) is 11.4 Å². The first-order valence-corrected chi connectivity index (χ1v) is 12.4. The van der Waals surface area contributed by atoms with Crippen LogP contribution in [0.1, 0.15) is 41.0 Å². The van der Waals surface area contributed by atoms with Gasteiger partial charge in [0.15, 0.2) is 0 Å². The van der Waals surface area contributed by atoms with Gasteiger partial charge < -0.3 is 4.98 Å². The first-order chi connectivity index (χ1) is 16.7. The van der Waals surface area contributed by atoms with E-state index in [-0.39, 0.29) is 0 Å². The van der Waals surface area contributed by atoms with Gasteiger partial charge in [0.2, 0.25) is 0 Å². The summed E-state index contributed by atoms with van der Waals surface area (Å²) in [5.41, 5.74) is 7.64. The maximum atomic E-state index is 4.96. The molecule has 0 radical (unpaired) electrons. The second kappa shape index (κ2) is 10.4. The molecule has 5 rings (SSSR count). The Bertz CT molecular complexity index is 1150. The van der Waals surface area contributed by atoms with Crippen LogP contribution in [0.3, 0.4) is 0 Å². The quantitative estimate of drug-likeness (QED) is 0.383. The van der Waals surface area contributed by atoms with Crippen LogP contribution in [-0.2, 0) is 13.0 Å². The molecule has 0 bridgehead atoms. The van der Waals surface area contributed by atoms with Crippen LogP contribution < -0.4 is 0 Å². The van der Waals surface area contributed by atoms with Crippen molar-refractivity contribution in [2.45, 2.75) is 32.9 Å². The number of aromatic nitrogens is 2. The maximum absolute atomic E-state index is 4.96. The predicted octanol–water partition coefficient (Wildman–Crippen LogP) is 5.85. The maximum Gasteiger partial charge on any atom is 0.138 e. The van der Waals surface area contributed by atoms with Crippen molar-refractivity contribution < 1.29 is 0 Å².